The Balaban J connectivity index is 2.67. The van der Waals surface area contributed by atoms with Gasteiger partial charge in [-0.1, -0.05) is 38.1 Å². The molecule has 0 saturated carbocycles. The molecule has 1 nitrogen and oxygen atoms in total. The largest absolute Gasteiger partial charge is 0.358 e. The second-order valence-electron chi connectivity index (χ2n) is 5.05. The molecule has 16 heavy (non-hydrogen) atoms. The number of fused-ring (bicyclic) bond motifs is 1. The zero-order valence-corrected chi connectivity index (χ0v) is 10.3. The average molecular weight is 213 g/mol. The molecule has 0 saturated heterocycles. The summed E-state index contributed by atoms with van der Waals surface area (Å²) in [6.07, 6.45) is 3.00. The van der Waals surface area contributed by atoms with E-state index < -0.39 is 0 Å². The van der Waals surface area contributed by atoms with Crippen molar-refractivity contribution in [2.45, 2.75) is 32.6 Å². The number of aromatic nitrogens is 1. The standard InChI is InChI=1S/C15H19N/c1-5-10-15(3,4)14-11(2)16-13-9-7-6-8-12(13)14/h5-9,16H,1,10H2,2-4H3. The van der Waals surface area contributed by atoms with E-state index in [9.17, 15) is 0 Å². The zero-order valence-electron chi connectivity index (χ0n) is 10.3. The predicted molar refractivity (Wildman–Crippen MR) is 70.9 cm³/mol. The number of para-hydroxylation sites is 1. The second-order valence-corrected chi connectivity index (χ2v) is 5.05. The van der Waals surface area contributed by atoms with Crippen molar-refractivity contribution in [1.82, 2.24) is 4.98 Å². The summed E-state index contributed by atoms with van der Waals surface area (Å²) in [7, 11) is 0. The summed E-state index contributed by atoms with van der Waals surface area (Å²) in [6.45, 7) is 10.6. The minimum atomic E-state index is 0.144. The maximum absolute atomic E-state index is 3.86. The lowest BCUT2D eigenvalue weighted by Gasteiger charge is -2.24. The van der Waals surface area contributed by atoms with Crippen LogP contribution in [0, 0.1) is 6.92 Å². The van der Waals surface area contributed by atoms with E-state index in [0.29, 0.717) is 0 Å². The first-order chi connectivity index (χ1) is 7.56. The summed E-state index contributed by atoms with van der Waals surface area (Å²) in [6, 6.07) is 8.50. The third-order valence-corrected chi connectivity index (χ3v) is 3.22. The van der Waals surface area contributed by atoms with Gasteiger partial charge in [-0.15, -0.1) is 6.58 Å². The van der Waals surface area contributed by atoms with E-state index >= 15 is 0 Å². The van der Waals surface area contributed by atoms with Crippen LogP contribution in [0.25, 0.3) is 10.9 Å². The average Bonchev–Trinajstić information content (AvgIpc) is 2.53. The Labute approximate surface area is 97.2 Å². The van der Waals surface area contributed by atoms with Crippen molar-refractivity contribution < 1.29 is 0 Å². The summed E-state index contributed by atoms with van der Waals surface area (Å²) >= 11 is 0. The molecule has 1 aromatic heterocycles. The summed E-state index contributed by atoms with van der Waals surface area (Å²) in [4.78, 5) is 3.46. The summed E-state index contributed by atoms with van der Waals surface area (Å²) < 4.78 is 0. The third kappa shape index (κ3) is 1.67. The second kappa shape index (κ2) is 3.82. The topological polar surface area (TPSA) is 15.8 Å². The van der Waals surface area contributed by atoms with Crippen LogP contribution in [0.4, 0.5) is 0 Å². The van der Waals surface area contributed by atoms with Gasteiger partial charge in [0.15, 0.2) is 0 Å². The van der Waals surface area contributed by atoms with E-state index in [1.54, 1.807) is 0 Å². The summed E-state index contributed by atoms with van der Waals surface area (Å²) in [5.41, 5.74) is 4.06. The van der Waals surface area contributed by atoms with E-state index in [-0.39, 0.29) is 5.41 Å². The van der Waals surface area contributed by atoms with Gasteiger partial charge in [-0.2, -0.15) is 0 Å². The van der Waals surface area contributed by atoms with Crippen molar-refractivity contribution in [1.29, 1.82) is 0 Å². The zero-order chi connectivity index (χ0) is 11.8. The van der Waals surface area contributed by atoms with Crippen molar-refractivity contribution >= 4 is 10.9 Å². The monoisotopic (exact) mass is 213 g/mol. The predicted octanol–water partition coefficient (Wildman–Crippen LogP) is 4.33. The van der Waals surface area contributed by atoms with E-state index in [2.05, 4.69) is 56.6 Å². The Bertz CT molecular complexity index is 517. The van der Waals surface area contributed by atoms with Gasteiger partial charge in [0, 0.05) is 16.6 Å². The van der Waals surface area contributed by atoms with Crippen molar-refractivity contribution in [2.24, 2.45) is 0 Å². The van der Waals surface area contributed by atoms with Crippen LogP contribution in [0.2, 0.25) is 0 Å². The van der Waals surface area contributed by atoms with Gasteiger partial charge in [0.05, 0.1) is 0 Å². The van der Waals surface area contributed by atoms with Crippen LogP contribution in [0.1, 0.15) is 31.5 Å². The fourth-order valence-electron chi connectivity index (χ4n) is 2.61. The summed E-state index contributed by atoms with van der Waals surface area (Å²) in [5, 5.41) is 1.34. The first-order valence-electron chi connectivity index (χ1n) is 5.75. The van der Waals surface area contributed by atoms with E-state index in [1.165, 1.54) is 22.2 Å². The molecule has 0 radical (unpaired) electrons. The number of rotatable bonds is 3. The Morgan fingerprint density at radius 3 is 2.69 bits per heavy atom. The molecule has 0 amide bonds. The smallest absolute Gasteiger partial charge is 0.0459 e. The quantitative estimate of drug-likeness (QED) is 0.730. The molecule has 1 heterocycles. The van der Waals surface area contributed by atoms with Crippen molar-refractivity contribution in [3.63, 3.8) is 0 Å². The maximum atomic E-state index is 3.86. The van der Waals surface area contributed by atoms with Crippen LogP contribution in [-0.2, 0) is 5.41 Å². The number of H-pyrrole nitrogens is 1. The number of aryl methyl sites for hydroxylation is 1. The Morgan fingerprint density at radius 2 is 2.00 bits per heavy atom. The fourth-order valence-corrected chi connectivity index (χ4v) is 2.61. The van der Waals surface area contributed by atoms with Crippen molar-refractivity contribution in [2.75, 3.05) is 0 Å². The van der Waals surface area contributed by atoms with Gasteiger partial charge < -0.3 is 4.98 Å². The van der Waals surface area contributed by atoms with Gasteiger partial charge >= 0.3 is 0 Å². The minimum absolute atomic E-state index is 0.144. The number of hydrogen-bond acceptors (Lipinski definition) is 0. The highest BCUT2D eigenvalue weighted by atomic mass is 14.7. The Kier molecular flexibility index (Phi) is 2.63. The lowest BCUT2D eigenvalue weighted by atomic mass is 9.80. The normalized spacial score (nSPS) is 11.9. The van der Waals surface area contributed by atoms with Crippen LogP contribution < -0.4 is 0 Å². The molecule has 1 aromatic carbocycles. The molecule has 0 aliphatic heterocycles. The van der Waals surface area contributed by atoms with Crippen LogP contribution in [0.5, 0.6) is 0 Å². The molecule has 0 aliphatic rings. The van der Waals surface area contributed by atoms with Crippen LogP contribution in [0.3, 0.4) is 0 Å². The van der Waals surface area contributed by atoms with Crippen molar-refractivity contribution in [3.05, 3.63) is 48.2 Å². The molecule has 0 unspecified atom stereocenters. The van der Waals surface area contributed by atoms with Gasteiger partial charge in [-0.05, 0) is 30.4 Å². The number of allylic oxidation sites excluding steroid dienone is 1. The SMILES string of the molecule is C=CCC(C)(C)c1c(C)[nH]c2ccccc12. The molecule has 0 bridgehead atoms. The van der Waals surface area contributed by atoms with Crippen LogP contribution >= 0.6 is 0 Å². The van der Waals surface area contributed by atoms with Gasteiger partial charge in [0.25, 0.3) is 0 Å². The van der Waals surface area contributed by atoms with Gasteiger partial charge in [0.1, 0.15) is 0 Å². The molecular weight excluding hydrogens is 194 g/mol. The van der Waals surface area contributed by atoms with E-state index in [0.717, 1.165) is 6.42 Å². The van der Waals surface area contributed by atoms with Crippen molar-refractivity contribution in [3.8, 4) is 0 Å². The highest BCUT2D eigenvalue weighted by molar-refractivity contribution is 5.85. The van der Waals surface area contributed by atoms with Gasteiger partial charge in [0.2, 0.25) is 0 Å². The number of aromatic amines is 1. The molecule has 2 rings (SSSR count). The number of hydrogen-bond donors (Lipinski definition) is 1. The molecule has 0 spiro atoms. The molecular formula is C15H19N. The highest BCUT2D eigenvalue weighted by Gasteiger charge is 2.24. The Morgan fingerprint density at radius 1 is 1.31 bits per heavy atom. The molecule has 1 heteroatoms. The lowest BCUT2D eigenvalue weighted by Crippen LogP contribution is -2.16. The minimum Gasteiger partial charge on any atom is -0.358 e. The van der Waals surface area contributed by atoms with E-state index in [1.807, 2.05) is 6.08 Å². The summed E-state index contributed by atoms with van der Waals surface area (Å²) in [5.74, 6) is 0. The Hall–Kier alpha value is -1.50. The first-order valence-corrected chi connectivity index (χ1v) is 5.75. The van der Waals surface area contributed by atoms with Crippen LogP contribution in [-0.4, -0.2) is 4.98 Å². The highest BCUT2D eigenvalue weighted by Crippen LogP contribution is 2.35. The molecule has 1 N–H and O–H groups in total. The molecule has 84 valence electrons. The lowest BCUT2D eigenvalue weighted by molar-refractivity contribution is 0.536. The number of benzene rings is 1. The van der Waals surface area contributed by atoms with Gasteiger partial charge in [-0.3, -0.25) is 0 Å². The first kappa shape index (κ1) is 11.0. The fraction of sp³-hybridized carbons (Fsp3) is 0.333. The molecule has 0 aliphatic carbocycles. The molecule has 0 atom stereocenters. The van der Waals surface area contributed by atoms with E-state index in [4.69, 9.17) is 0 Å². The molecule has 2 aromatic rings. The maximum Gasteiger partial charge on any atom is 0.0459 e. The number of nitrogens with one attached hydrogen (secondary N) is 1. The van der Waals surface area contributed by atoms with Gasteiger partial charge in [-0.25, -0.2) is 0 Å². The third-order valence-electron chi connectivity index (χ3n) is 3.22. The molecule has 0 fully saturated rings. The van der Waals surface area contributed by atoms with Crippen LogP contribution in [0.15, 0.2) is 36.9 Å².